The number of rotatable bonds is 0. The van der Waals surface area contributed by atoms with Gasteiger partial charge in [0.15, 0.2) is 15.0 Å². The Kier molecular flexibility index (Phi) is 1.64. The molecule has 2 fully saturated rings. The van der Waals surface area contributed by atoms with E-state index in [1.165, 1.54) is 16.8 Å². The van der Waals surface area contributed by atoms with Crippen LogP contribution in [0.4, 0.5) is 0 Å². The molecular formula is C5H9N3O2S2. The van der Waals surface area contributed by atoms with E-state index in [0.717, 1.165) is 0 Å². The van der Waals surface area contributed by atoms with E-state index in [-0.39, 0.29) is 28.0 Å². The highest BCUT2D eigenvalue weighted by Crippen LogP contribution is 2.35. The molecule has 2 atom stereocenters. The van der Waals surface area contributed by atoms with E-state index in [2.05, 4.69) is 0 Å². The zero-order valence-corrected chi connectivity index (χ0v) is 7.86. The first-order chi connectivity index (χ1) is 5.49. The normalized spacial score (nSPS) is 38.8. The Morgan fingerprint density at radius 1 is 1.58 bits per heavy atom. The van der Waals surface area contributed by atoms with Crippen molar-refractivity contribution in [1.29, 1.82) is 5.41 Å². The van der Waals surface area contributed by atoms with Crippen LogP contribution in [0.3, 0.4) is 0 Å². The van der Waals surface area contributed by atoms with Crippen LogP contribution >= 0.6 is 11.8 Å². The third kappa shape index (κ3) is 1.12. The SMILES string of the molecule is N=C1SC2CS(=O)(=O)CC2N1N. The van der Waals surface area contributed by atoms with Gasteiger partial charge >= 0.3 is 0 Å². The summed E-state index contributed by atoms with van der Waals surface area (Å²) < 4.78 is 22.3. The van der Waals surface area contributed by atoms with Crippen molar-refractivity contribution in [2.45, 2.75) is 11.3 Å². The average molecular weight is 207 g/mol. The molecule has 5 nitrogen and oxygen atoms in total. The molecule has 0 bridgehead atoms. The quantitative estimate of drug-likeness (QED) is 0.498. The molecule has 3 N–H and O–H groups in total. The third-order valence-corrected chi connectivity index (χ3v) is 5.27. The average Bonchev–Trinajstić information content (AvgIpc) is 2.33. The standard InChI is InChI=1S/C5H9N3O2S2/c6-5-8(7)3-1-12(9,10)2-4(3)11-5/h3-4,6H,1-2,7H2. The number of fused-ring (bicyclic) bond motifs is 1. The Labute approximate surface area is 74.7 Å². The van der Waals surface area contributed by atoms with Gasteiger partial charge in [0.25, 0.3) is 0 Å². The molecule has 2 aliphatic heterocycles. The van der Waals surface area contributed by atoms with Gasteiger partial charge in [0.05, 0.1) is 17.5 Å². The zero-order valence-electron chi connectivity index (χ0n) is 6.23. The van der Waals surface area contributed by atoms with Gasteiger partial charge in [-0.3, -0.25) is 10.4 Å². The van der Waals surface area contributed by atoms with Gasteiger partial charge in [0.1, 0.15) is 0 Å². The monoisotopic (exact) mass is 207 g/mol. The first-order valence-corrected chi connectivity index (χ1v) is 6.19. The van der Waals surface area contributed by atoms with Crippen molar-refractivity contribution in [1.82, 2.24) is 5.01 Å². The fourth-order valence-electron chi connectivity index (χ4n) is 1.52. The second kappa shape index (κ2) is 2.36. The maximum atomic E-state index is 11.1. The van der Waals surface area contributed by atoms with E-state index in [1.807, 2.05) is 0 Å². The number of hydrogen-bond donors (Lipinski definition) is 2. The predicted molar refractivity (Wildman–Crippen MR) is 47.6 cm³/mol. The van der Waals surface area contributed by atoms with Crippen molar-refractivity contribution in [3.05, 3.63) is 0 Å². The number of hydrogen-bond acceptors (Lipinski definition) is 5. The van der Waals surface area contributed by atoms with Crippen molar-refractivity contribution in [2.24, 2.45) is 5.84 Å². The summed E-state index contributed by atoms with van der Waals surface area (Å²) in [6, 6.07) is -0.174. The fraction of sp³-hybridized carbons (Fsp3) is 0.800. The summed E-state index contributed by atoms with van der Waals surface area (Å²) in [6.07, 6.45) is 0. The highest BCUT2D eigenvalue weighted by Gasteiger charge is 2.47. The lowest BCUT2D eigenvalue weighted by Crippen LogP contribution is -2.42. The van der Waals surface area contributed by atoms with Crippen molar-refractivity contribution < 1.29 is 8.42 Å². The molecule has 2 rings (SSSR count). The van der Waals surface area contributed by atoms with Crippen LogP contribution in [-0.4, -0.2) is 41.4 Å². The van der Waals surface area contributed by atoms with Gasteiger partial charge in [-0.1, -0.05) is 11.8 Å². The summed E-state index contributed by atoms with van der Waals surface area (Å²) in [5, 5.41) is 8.87. The molecule has 0 aromatic carbocycles. The number of nitrogens with two attached hydrogens (primary N) is 1. The van der Waals surface area contributed by atoms with Gasteiger partial charge < -0.3 is 0 Å². The van der Waals surface area contributed by atoms with Gasteiger partial charge in [-0.2, -0.15) is 0 Å². The van der Waals surface area contributed by atoms with Crippen LogP contribution in [0.2, 0.25) is 0 Å². The van der Waals surface area contributed by atoms with Gasteiger partial charge in [-0.15, -0.1) is 0 Å². The maximum absolute atomic E-state index is 11.1. The van der Waals surface area contributed by atoms with Gasteiger partial charge in [-0.25, -0.2) is 14.3 Å². The number of hydrazine groups is 1. The Morgan fingerprint density at radius 2 is 2.25 bits per heavy atom. The largest absolute Gasteiger partial charge is 0.284 e. The zero-order chi connectivity index (χ0) is 8.93. The molecule has 68 valence electrons. The molecule has 0 spiro atoms. The summed E-state index contributed by atoms with van der Waals surface area (Å²) in [7, 11) is -2.90. The van der Waals surface area contributed by atoms with Crippen LogP contribution < -0.4 is 5.84 Å². The number of amidine groups is 1. The lowest BCUT2D eigenvalue weighted by molar-refractivity contribution is 0.370. The van der Waals surface area contributed by atoms with Crippen molar-refractivity contribution in [3.8, 4) is 0 Å². The lowest BCUT2D eigenvalue weighted by atomic mass is 10.2. The number of nitrogens with one attached hydrogen (secondary N) is 1. The van der Waals surface area contributed by atoms with Crippen LogP contribution in [0, 0.1) is 5.41 Å². The van der Waals surface area contributed by atoms with Gasteiger partial charge in [-0.05, 0) is 0 Å². The molecule has 0 aliphatic carbocycles. The Balaban J connectivity index is 2.27. The minimum Gasteiger partial charge on any atom is -0.284 e. The van der Waals surface area contributed by atoms with E-state index >= 15 is 0 Å². The molecule has 2 aliphatic rings. The molecule has 7 heteroatoms. The fourth-order valence-corrected chi connectivity index (χ4v) is 5.24. The highest BCUT2D eigenvalue weighted by atomic mass is 32.2. The van der Waals surface area contributed by atoms with E-state index in [1.54, 1.807) is 0 Å². The summed E-state index contributed by atoms with van der Waals surface area (Å²) in [4.78, 5) is 0. The molecular weight excluding hydrogens is 198 g/mol. The van der Waals surface area contributed by atoms with Gasteiger partial charge in [0, 0.05) is 5.25 Å². The molecule has 2 unspecified atom stereocenters. The molecule has 0 saturated carbocycles. The Morgan fingerprint density at radius 3 is 2.83 bits per heavy atom. The molecule has 0 radical (unpaired) electrons. The van der Waals surface area contributed by atoms with E-state index in [0.29, 0.717) is 0 Å². The highest BCUT2D eigenvalue weighted by molar-refractivity contribution is 8.15. The van der Waals surface area contributed by atoms with E-state index < -0.39 is 9.84 Å². The summed E-state index contributed by atoms with van der Waals surface area (Å²) in [6.45, 7) is 0. The second-order valence-electron chi connectivity index (χ2n) is 3.01. The molecule has 0 aromatic heterocycles. The summed E-state index contributed by atoms with van der Waals surface area (Å²) >= 11 is 1.25. The second-order valence-corrected chi connectivity index (χ2v) is 6.39. The molecule has 2 heterocycles. The number of thioether (sulfide) groups is 1. The lowest BCUT2D eigenvalue weighted by Gasteiger charge is -2.15. The third-order valence-electron chi connectivity index (χ3n) is 2.13. The Bertz CT molecular complexity index is 326. The Hall–Kier alpha value is -0.270. The minimum atomic E-state index is -2.90. The first-order valence-electron chi connectivity index (χ1n) is 3.49. The molecule has 0 amide bonds. The van der Waals surface area contributed by atoms with Crippen molar-refractivity contribution in [2.75, 3.05) is 11.5 Å². The predicted octanol–water partition coefficient (Wildman–Crippen LogP) is -0.991. The maximum Gasteiger partial charge on any atom is 0.171 e. The van der Waals surface area contributed by atoms with Crippen molar-refractivity contribution >= 4 is 26.8 Å². The van der Waals surface area contributed by atoms with E-state index in [4.69, 9.17) is 11.3 Å². The smallest absolute Gasteiger partial charge is 0.171 e. The number of nitrogens with zero attached hydrogens (tertiary/aromatic N) is 1. The van der Waals surface area contributed by atoms with Crippen LogP contribution in [-0.2, 0) is 9.84 Å². The molecule has 0 aromatic rings. The van der Waals surface area contributed by atoms with Crippen LogP contribution in [0.25, 0.3) is 0 Å². The summed E-state index contributed by atoms with van der Waals surface area (Å²) in [5.74, 6) is 5.77. The van der Waals surface area contributed by atoms with E-state index in [9.17, 15) is 8.42 Å². The minimum absolute atomic E-state index is 0.0208. The van der Waals surface area contributed by atoms with Crippen LogP contribution in [0.15, 0.2) is 0 Å². The number of sulfone groups is 1. The van der Waals surface area contributed by atoms with Crippen LogP contribution in [0.5, 0.6) is 0 Å². The van der Waals surface area contributed by atoms with Crippen LogP contribution in [0.1, 0.15) is 0 Å². The molecule has 2 saturated heterocycles. The topological polar surface area (TPSA) is 87.2 Å². The first kappa shape index (κ1) is 8.33. The van der Waals surface area contributed by atoms with Crippen molar-refractivity contribution in [3.63, 3.8) is 0 Å². The molecule has 12 heavy (non-hydrogen) atoms. The van der Waals surface area contributed by atoms with Gasteiger partial charge in [0.2, 0.25) is 0 Å². The summed E-state index contributed by atoms with van der Waals surface area (Å²) in [5.41, 5.74) is 0.